The fraction of sp³-hybridized carbons (Fsp3) is 0.500. The largest absolute Gasteiger partial charge is 0.341 e. The van der Waals surface area contributed by atoms with Crippen LogP contribution in [0.15, 0.2) is 35.4 Å². The summed E-state index contributed by atoms with van der Waals surface area (Å²) in [5.74, 6) is 0.316. The second-order valence-electron chi connectivity index (χ2n) is 7.73. The van der Waals surface area contributed by atoms with Crippen molar-refractivity contribution in [2.75, 3.05) is 13.1 Å². The number of nitrogens with one attached hydrogen (secondary N) is 1. The summed E-state index contributed by atoms with van der Waals surface area (Å²) in [7, 11) is -4.01. The molecule has 1 N–H and O–H groups in total. The number of amides is 1. The van der Waals surface area contributed by atoms with E-state index in [9.17, 15) is 13.2 Å². The number of hydrogen-bond acceptors (Lipinski definition) is 4. The first kappa shape index (κ1) is 23.1. The number of sulfonamides is 1. The molecule has 1 saturated heterocycles. The number of aromatic nitrogens is 2. The highest BCUT2D eigenvalue weighted by Gasteiger charge is 2.32. The zero-order valence-electron chi connectivity index (χ0n) is 17.0. The number of halogens is 2. The minimum absolute atomic E-state index is 0.00569. The average molecular weight is 473 g/mol. The minimum Gasteiger partial charge on any atom is -0.341 e. The first-order valence-corrected chi connectivity index (χ1v) is 12.2. The molecule has 1 aromatic carbocycles. The van der Waals surface area contributed by atoms with Crippen LogP contribution in [0.2, 0.25) is 10.2 Å². The number of aryl methyl sites for hydroxylation is 2. The van der Waals surface area contributed by atoms with E-state index in [-0.39, 0.29) is 22.2 Å². The summed E-state index contributed by atoms with van der Waals surface area (Å²) in [6, 6.07) is 5.58. The maximum Gasteiger partial charge on any atom is 0.243 e. The van der Waals surface area contributed by atoms with E-state index in [1.165, 1.54) is 10.7 Å². The summed E-state index contributed by atoms with van der Waals surface area (Å²) in [5, 5.41) is 4.66. The Balaban J connectivity index is 1.84. The Morgan fingerprint density at radius 1 is 1.27 bits per heavy atom. The maximum absolute atomic E-state index is 13.2. The highest BCUT2D eigenvalue weighted by Crippen LogP contribution is 2.26. The van der Waals surface area contributed by atoms with Gasteiger partial charge in [-0.3, -0.25) is 9.48 Å². The molecule has 30 heavy (non-hydrogen) atoms. The molecule has 0 aliphatic carbocycles. The van der Waals surface area contributed by atoms with E-state index >= 15 is 0 Å². The molecule has 0 saturated carbocycles. The van der Waals surface area contributed by atoms with Crippen LogP contribution >= 0.6 is 23.2 Å². The maximum atomic E-state index is 13.2. The number of hydrogen-bond donors (Lipinski definition) is 1. The molecule has 0 bridgehead atoms. The van der Waals surface area contributed by atoms with Crippen LogP contribution in [-0.4, -0.2) is 48.1 Å². The molecule has 7 nitrogen and oxygen atoms in total. The van der Waals surface area contributed by atoms with Crippen LogP contribution in [0.25, 0.3) is 0 Å². The molecule has 1 aliphatic rings. The van der Waals surface area contributed by atoms with E-state index < -0.39 is 16.1 Å². The standard InChI is InChI=1S/C20H26Cl2N4O3S/c1-14-7-11-25(12-8-14)20(27)17(9-13-26-18(22)6-10-23-26)24-30(28,29)19-15(2)4-3-5-16(19)21/h3-6,10,14,17,24H,7-9,11-13H2,1-2H3. The third-order valence-electron chi connectivity index (χ3n) is 5.42. The third kappa shape index (κ3) is 5.35. The molecular formula is C20H26Cl2N4O3S. The molecule has 0 radical (unpaired) electrons. The summed E-state index contributed by atoms with van der Waals surface area (Å²) in [5.41, 5.74) is 0.517. The van der Waals surface area contributed by atoms with E-state index in [4.69, 9.17) is 23.2 Å². The average Bonchev–Trinajstić information content (AvgIpc) is 3.09. The Bertz CT molecular complexity index is 981. The van der Waals surface area contributed by atoms with Gasteiger partial charge < -0.3 is 4.90 Å². The number of benzene rings is 1. The first-order chi connectivity index (χ1) is 14.2. The zero-order chi connectivity index (χ0) is 21.9. The predicted molar refractivity (Wildman–Crippen MR) is 117 cm³/mol. The van der Waals surface area contributed by atoms with Crippen LogP contribution in [0.3, 0.4) is 0 Å². The summed E-state index contributed by atoms with van der Waals surface area (Å²) in [6.07, 6.45) is 3.58. The van der Waals surface area contributed by atoms with Gasteiger partial charge in [0.1, 0.15) is 16.1 Å². The minimum atomic E-state index is -4.01. The van der Waals surface area contributed by atoms with Gasteiger partial charge in [0.25, 0.3) is 0 Å². The van der Waals surface area contributed by atoms with E-state index in [1.807, 2.05) is 0 Å². The van der Waals surface area contributed by atoms with Gasteiger partial charge in [-0.25, -0.2) is 8.42 Å². The lowest BCUT2D eigenvalue weighted by molar-refractivity contribution is -0.134. The monoisotopic (exact) mass is 472 g/mol. The molecule has 2 aromatic rings. The Hall–Kier alpha value is -1.61. The number of piperidine rings is 1. The Labute approximate surface area is 187 Å². The molecule has 164 valence electrons. The fourth-order valence-electron chi connectivity index (χ4n) is 3.62. The van der Waals surface area contributed by atoms with Crippen molar-refractivity contribution in [3.63, 3.8) is 0 Å². The molecule has 1 atom stereocenters. The van der Waals surface area contributed by atoms with E-state index in [1.54, 1.807) is 36.2 Å². The lowest BCUT2D eigenvalue weighted by Crippen LogP contribution is -2.51. The summed E-state index contributed by atoms with van der Waals surface area (Å²) in [4.78, 5) is 15.0. The van der Waals surface area contributed by atoms with Gasteiger partial charge in [-0.1, -0.05) is 42.3 Å². The molecular weight excluding hydrogens is 447 g/mol. The molecule has 2 heterocycles. The Morgan fingerprint density at radius 2 is 1.97 bits per heavy atom. The van der Waals surface area contributed by atoms with Crippen molar-refractivity contribution in [3.8, 4) is 0 Å². The molecule has 10 heteroatoms. The van der Waals surface area contributed by atoms with Crippen molar-refractivity contribution in [1.82, 2.24) is 19.4 Å². The van der Waals surface area contributed by atoms with Gasteiger partial charge in [-0.2, -0.15) is 9.82 Å². The van der Waals surface area contributed by atoms with Crippen molar-refractivity contribution >= 4 is 39.1 Å². The molecule has 1 aromatic heterocycles. The molecule has 0 spiro atoms. The van der Waals surface area contributed by atoms with Gasteiger partial charge in [0.05, 0.1) is 11.2 Å². The van der Waals surface area contributed by atoms with Gasteiger partial charge in [0.15, 0.2) is 0 Å². The molecule has 3 rings (SSSR count). The van der Waals surface area contributed by atoms with Crippen molar-refractivity contribution in [1.29, 1.82) is 0 Å². The van der Waals surface area contributed by atoms with Crippen LogP contribution in [0, 0.1) is 12.8 Å². The van der Waals surface area contributed by atoms with Crippen molar-refractivity contribution < 1.29 is 13.2 Å². The highest BCUT2D eigenvalue weighted by atomic mass is 35.5. The zero-order valence-corrected chi connectivity index (χ0v) is 19.3. The van der Waals surface area contributed by atoms with Crippen molar-refractivity contribution in [2.24, 2.45) is 5.92 Å². The van der Waals surface area contributed by atoms with Gasteiger partial charge >= 0.3 is 0 Å². The number of carbonyl (C=O) groups is 1. The first-order valence-electron chi connectivity index (χ1n) is 9.92. The number of rotatable bonds is 7. The second-order valence-corrected chi connectivity index (χ2v) is 10.2. The smallest absolute Gasteiger partial charge is 0.243 e. The van der Waals surface area contributed by atoms with Crippen LogP contribution in [0.1, 0.15) is 31.7 Å². The van der Waals surface area contributed by atoms with Crippen LogP contribution in [-0.2, 0) is 21.4 Å². The van der Waals surface area contributed by atoms with Gasteiger partial charge in [-0.05, 0) is 49.8 Å². The number of nitrogens with zero attached hydrogens (tertiary/aromatic N) is 3. The predicted octanol–water partition coefficient (Wildman–Crippen LogP) is 3.49. The number of likely N-dealkylation sites (tertiary alicyclic amines) is 1. The second kappa shape index (κ2) is 9.68. The fourth-order valence-corrected chi connectivity index (χ4v) is 5.86. The van der Waals surface area contributed by atoms with Gasteiger partial charge in [0, 0.05) is 19.6 Å². The SMILES string of the molecule is Cc1cccc(Cl)c1S(=O)(=O)NC(CCn1nccc1Cl)C(=O)N1CCC(C)CC1. The van der Waals surface area contributed by atoms with Crippen LogP contribution in [0.4, 0.5) is 0 Å². The Morgan fingerprint density at radius 3 is 2.57 bits per heavy atom. The number of carbonyl (C=O) groups excluding carboxylic acids is 1. The molecule has 1 fully saturated rings. The lowest BCUT2D eigenvalue weighted by atomic mass is 9.98. The Kier molecular flexibility index (Phi) is 7.44. The summed E-state index contributed by atoms with van der Waals surface area (Å²) >= 11 is 12.3. The van der Waals surface area contributed by atoms with Crippen molar-refractivity contribution in [3.05, 3.63) is 46.2 Å². The molecule has 1 amide bonds. The van der Waals surface area contributed by atoms with Crippen molar-refractivity contribution in [2.45, 2.75) is 50.6 Å². The van der Waals surface area contributed by atoms with E-state index in [2.05, 4.69) is 16.7 Å². The third-order valence-corrected chi connectivity index (χ3v) is 7.84. The van der Waals surface area contributed by atoms with Gasteiger partial charge in [0.2, 0.25) is 15.9 Å². The van der Waals surface area contributed by atoms with Crippen LogP contribution < -0.4 is 4.72 Å². The molecule has 1 aliphatic heterocycles. The lowest BCUT2D eigenvalue weighted by Gasteiger charge is -2.33. The van der Waals surface area contributed by atoms with E-state index in [0.29, 0.717) is 36.3 Å². The van der Waals surface area contributed by atoms with Gasteiger partial charge in [-0.15, -0.1) is 0 Å². The topological polar surface area (TPSA) is 84.3 Å². The van der Waals surface area contributed by atoms with E-state index in [0.717, 1.165) is 12.8 Å². The van der Waals surface area contributed by atoms with Crippen LogP contribution in [0.5, 0.6) is 0 Å². The molecule has 1 unspecified atom stereocenters. The summed E-state index contributed by atoms with van der Waals surface area (Å²) < 4.78 is 30.4. The normalized spacial score (nSPS) is 16.6. The summed E-state index contributed by atoms with van der Waals surface area (Å²) in [6.45, 7) is 5.36. The highest BCUT2D eigenvalue weighted by molar-refractivity contribution is 7.89. The quantitative estimate of drug-likeness (QED) is 0.667.